The van der Waals surface area contributed by atoms with E-state index in [2.05, 4.69) is 11.8 Å². The second-order valence-electron chi connectivity index (χ2n) is 9.20. The molecule has 5 nitrogen and oxygen atoms in total. The summed E-state index contributed by atoms with van der Waals surface area (Å²) in [5.74, 6) is -0.573. The van der Waals surface area contributed by atoms with Crippen LogP contribution in [0.15, 0.2) is 42.5 Å². The fraction of sp³-hybridized carbons (Fsp3) is 0.444. The van der Waals surface area contributed by atoms with Gasteiger partial charge in [-0.15, -0.1) is 0 Å². The van der Waals surface area contributed by atoms with Crippen molar-refractivity contribution in [1.29, 1.82) is 0 Å². The molecule has 2 amide bonds. The van der Waals surface area contributed by atoms with Crippen molar-refractivity contribution in [3.05, 3.63) is 70.3 Å². The highest BCUT2D eigenvalue weighted by atomic mass is 16.2. The predicted molar refractivity (Wildman–Crippen MR) is 125 cm³/mol. The maximum Gasteiger partial charge on any atom is 0.261 e. The topological polar surface area (TPSA) is 57.7 Å². The van der Waals surface area contributed by atoms with Crippen LogP contribution >= 0.6 is 0 Å². The Labute approximate surface area is 190 Å². The van der Waals surface area contributed by atoms with Gasteiger partial charge in [-0.1, -0.05) is 42.3 Å². The first kappa shape index (κ1) is 22.4. The van der Waals surface area contributed by atoms with E-state index in [9.17, 15) is 14.4 Å². The van der Waals surface area contributed by atoms with Crippen molar-refractivity contribution >= 4 is 17.6 Å². The number of ketones is 1. The molecule has 2 aliphatic heterocycles. The predicted octanol–water partition coefficient (Wildman–Crippen LogP) is 5.02. The lowest BCUT2D eigenvalue weighted by molar-refractivity contribution is 0.0642. The normalized spacial score (nSPS) is 18.8. The molecule has 0 saturated carbocycles. The Balaban J connectivity index is 1.35. The Hall–Kier alpha value is -2.79. The molecule has 2 heterocycles. The molecule has 1 unspecified atom stereocenters. The Morgan fingerprint density at radius 1 is 0.969 bits per heavy atom. The van der Waals surface area contributed by atoms with Crippen molar-refractivity contribution in [2.24, 2.45) is 0 Å². The molecule has 0 radical (unpaired) electrons. The number of unbranched alkanes of at least 4 members (excludes halogenated alkanes) is 1. The number of hydrogen-bond donors (Lipinski definition) is 0. The maximum atomic E-state index is 12.9. The SMILES string of the molecule is Cc1ccc(CN2C(=O)c3ccc(C(=O)CCCCN4CCCCC4C)cc3C2=O)cc1. The van der Waals surface area contributed by atoms with E-state index in [-0.39, 0.29) is 24.1 Å². The average molecular weight is 433 g/mol. The number of rotatable bonds is 8. The minimum atomic E-state index is -0.320. The molecule has 5 heteroatoms. The molecule has 0 N–H and O–H groups in total. The molecule has 0 spiro atoms. The number of nitrogens with zero attached hydrogens (tertiary/aromatic N) is 2. The quantitative estimate of drug-likeness (QED) is 0.334. The van der Waals surface area contributed by atoms with Gasteiger partial charge >= 0.3 is 0 Å². The average Bonchev–Trinajstić information content (AvgIpc) is 3.03. The fourth-order valence-electron chi connectivity index (χ4n) is 4.72. The van der Waals surface area contributed by atoms with E-state index in [1.165, 1.54) is 24.2 Å². The van der Waals surface area contributed by atoms with Crippen molar-refractivity contribution in [2.75, 3.05) is 13.1 Å². The molecule has 1 fully saturated rings. The summed E-state index contributed by atoms with van der Waals surface area (Å²) in [5, 5.41) is 0. The van der Waals surface area contributed by atoms with Gasteiger partial charge in [-0.2, -0.15) is 0 Å². The lowest BCUT2D eigenvalue weighted by Crippen LogP contribution is -2.38. The van der Waals surface area contributed by atoms with Crippen molar-refractivity contribution < 1.29 is 14.4 Å². The number of fused-ring (bicyclic) bond motifs is 1. The van der Waals surface area contributed by atoms with Gasteiger partial charge in [0.1, 0.15) is 0 Å². The molecular formula is C27H32N2O3. The van der Waals surface area contributed by atoms with Crippen LogP contribution in [-0.4, -0.2) is 46.5 Å². The summed E-state index contributed by atoms with van der Waals surface area (Å²) in [6.07, 6.45) is 6.16. The van der Waals surface area contributed by atoms with Gasteiger partial charge < -0.3 is 4.90 Å². The van der Waals surface area contributed by atoms with E-state index in [4.69, 9.17) is 0 Å². The first-order valence-corrected chi connectivity index (χ1v) is 11.8. The zero-order valence-electron chi connectivity index (χ0n) is 19.1. The molecule has 32 heavy (non-hydrogen) atoms. The highest BCUT2D eigenvalue weighted by molar-refractivity contribution is 6.22. The minimum absolute atomic E-state index is 0.0386. The Morgan fingerprint density at radius 2 is 1.72 bits per heavy atom. The Kier molecular flexibility index (Phi) is 6.85. The van der Waals surface area contributed by atoms with E-state index in [0.29, 0.717) is 29.2 Å². The van der Waals surface area contributed by atoms with Crippen LogP contribution in [0.4, 0.5) is 0 Å². The molecule has 4 rings (SSSR count). The van der Waals surface area contributed by atoms with Crippen LogP contribution < -0.4 is 0 Å². The number of piperidine rings is 1. The molecule has 0 bridgehead atoms. The molecule has 1 saturated heterocycles. The van der Waals surface area contributed by atoms with Gasteiger partial charge in [0.2, 0.25) is 0 Å². The maximum absolute atomic E-state index is 12.9. The third-order valence-corrected chi connectivity index (χ3v) is 6.79. The van der Waals surface area contributed by atoms with E-state index >= 15 is 0 Å². The van der Waals surface area contributed by atoms with Gasteiger partial charge in [0.05, 0.1) is 17.7 Å². The number of Topliss-reactive ketones (excluding diaryl/α,β-unsaturated/α-hetero) is 1. The fourth-order valence-corrected chi connectivity index (χ4v) is 4.72. The number of carbonyl (C=O) groups is 3. The summed E-state index contributed by atoms with van der Waals surface area (Å²) in [4.78, 5) is 42.2. The number of carbonyl (C=O) groups excluding carboxylic acids is 3. The zero-order valence-corrected chi connectivity index (χ0v) is 19.1. The van der Waals surface area contributed by atoms with Crippen molar-refractivity contribution in [1.82, 2.24) is 9.80 Å². The van der Waals surface area contributed by atoms with E-state index < -0.39 is 0 Å². The molecular weight excluding hydrogens is 400 g/mol. The van der Waals surface area contributed by atoms with E-state index in [1.807, 2.05) is 31.2 Å². The summed E-state index contributed by atoms with van der Waals surface area (Å²) >= 11 is 0. The smallest absolute Gasteiger partial charge is 0.261 e. The van der Waals surface area contributed by atoms with Gasteiger partial charge in [0, 0.05) is 18.0 Å². The first-order chi connectivity index (χ1) is 15.4. The summed E-state index contributed by atoms with van der Waals surface area (Å²) in [5.41, 5.74) is 3.29. The van der Waals surface area contributed by atoms with Crippen LogP contribution in [0.25, 0.3) is 0 Å². The zero-order chi connectivity index (χ0) is 22.7. The molecule has 2 aromatic rings. The van der Waals surface area contributed by atoms with Crippen LogP contribution in [0, 0.1) is 6.92 Å². The van der Waals surface area contributed by atoms with Crippen LogP contribution in [0.5, 0.6) is 0 Å². The number of likely N-dealkylation sites (tertiary alicyclic amines) is 1. The lowest BCUT2D eigenvalue weighted by Gasteiger charge is -2.33. The van der Waals surface area contributed by atoms with E-state index in [0.717, 1.165) is 37.1 Å². The summed E-state index contributed by atoms with van der Waals surface area (Å²) in [6, 6.07) is 13.4. The second kappa shape index (κ2) is 9.78. The number of aryl methyl sites for hydroxylation is 1. The second-order valence-corrected chi connectivity index (χ2v) is 9.20. The molecule has 2 aliphatic rings. The first-order valence-electron chi connectivity index (χ1n) is 11.8. The number of benzene rings is 2. The largest absolute Gasteiger partial charge is 0.301 e. The number of hydrogen-bond acceptors (Lipinski definition) is 4. The molecule has 2 aromatic carbocycles. The van der Waals surface area contributed by atoms with Gasteiger partial charge in [-0.25, -0.2) is 0 Å². The summed E-state index contributed by atoms with van der Waals surface area (Å²) < 4.78 is 0. The lowest BCUT2D eigenvalue weighted by atomic mass is 9.99. The van der Waals surface area contributed by atoms with E-state index in [1.54, 1.807) is 18.2 Å². The Morgan fingerprint density at radius 3 is 2.47 bits per heavy atom. The standard InChI is InChI=1S/C27H32N2O3/c1-19-9-11-21(12-10-19)18-29-26(31)23-14-13-22(17-24(23)27(29)32)25(30)8-4-6-16-28-15-5-3-7-20(28)2/h9-14,17,20H,3-8,15-16,18H2,1-2H3. The van der Waals surface area contributed by atoms with Crippen molar-refractivity contribution in [3.8, 4) is 0 Å². The van der Waals surface area contributed by atoms with Crippen LogP contribution in [0.1, 0.15) is 87.6 Å². The van der Waals surface area contributed by atoms with Gasteiger partial charge in [-0.3, -0.25) is 19.3 Å². The van der Waals surface area contributed by atoms with Crippen molar-refractivity contribution in [2.45, 2.75) is 65.0 Å². The summed E-state index contributed by atoms with van der Waals surface area (Å²) in [7, 11) is 0. The minimum Gasteiger partial charge on any atom is -0.301 e. The highest BCUT2D eigenvalue weighted by Gasteiger charge is 2.36. The van der Waals surface area contributed by atoms with Gasteiger partial charge in [0.25, 0.3) is 11.8 Å². The third-order valence-electron chi connectivity index (χ3n) is 6.79. The molecule has 168 valence electrons. The number of amides is 2. The monoisotopic (exact) mass is 432 g/mol. The van der Waals surface area contributed by atoms with Gasteiger partial charge in [0.15, 0.2) is 5.78 Å². The highest BCUT2D eigenvalue weighted by Crippen LogP contribution is 2.26. The third kappa shape index (κ3) is 4.83. The van der Waals surface area contributed by atoms with Gasteiger partial charge in [-0.05, 0) is 70.3 Å². The van der Waals surface area contributed by atoms with Crippen LogP contribution in [-0.2, 0) is 6.54 Å². The number of imide groups is 1. The van der Waals surface area contributed by atoms with Crippen LogP contribution in [0.2, 0.25) is 0 Å². The van der Waals surface area contributed by atoms with Crippen LogP contribution in [0.3, 0.4) is 0 Å². The molecule has 1 atom stereocenters. The molecule has 0 aliphatic carbocycles. The summed E-state index contributed by atoms with van der Waals surface area (Å²) in [6.45, 7) is 6.73. The molecule has 0 aromatic heterocycles. The Bertz CT molecular complexity index is 1010. The van der Waals surface area contributed by atoms with Crippen molar-refractivity contribution in [3.63, 3.8) is 0 Å².